The van der Waals surface area contributed by atoms with Crippen molar-refractivity contribution in [2.24, 2.45) is 0 Å². The molecule has 0 amide bonds. The Morgan fingerprint density at radius 3 is 3.00 bits per heavy atom. The predicted octanol–water partition coefficient (Wildman–Crippen LogP) is 1.04. The maximum Gasteiger partial charge on any atom is 0.250 e. The van der Waals surface area contributed by atoms with Crippen molar-refractivity contribution >= 4 is 0 Å². The normalized spacial score (nSPS) is 10.4. The molecule has 19 heavy (non-hydrogen) atoms. The molecule has 2 rings (SSSR count). The average molecular weight is 259 g/mol. The Hall–Kier alpha value is -2.14. The van der Waals surface area contributed by atoms with E-state index in [-0.39, 0.29) is 5.56 Å². The molecule has 2 aromatic heterocycles. The van der Waals surface area contributed by atoms with Gasteiger partial charge in [-0.15, -0.1) is 0 Å². The van der Waals surface area contributed by atoms with Crippen molar-refractivity contribution in [2.75, 3.05) is 13.7 Å². The minimum absolute atomic E-state index is 0.0169. The Labute approximate surface area is 111 Å². The van der Waals surface area contributed by atoms with E-state index in [0.717, 1.165) is 5.56 Å². The number of ether oxygens (including phenoxy) is 1. The Morgan fingerprint density at radius 1 is 1.32 bits per heavy atom. The molecule has 0 radical (unpaired) electrons. The second-order valence-electron chi connectivity index (χ2n) is 4.08. The molecule has 0 atom stereocenters. The highest BCUT2D eigenvalue weighted by Crippen LogP contribution is 2.12. The zero-order valence-corrected chi connectivity index (χ0v) is 10.9. The average Bonchev–Trinajstić information content (AvgIpc) is 2.45. The van der Waals surface area contributed by atoms with Crippen molar-refractivity contribution in [3.8, 4) is 5.88 Å². The van der Waals surface area contributed by atoms with Gasteiger partial charge in [-0.3, -0.25) is 4.79 Å². The lowest BCUT2D eigenvalue weighted by molar-refractivity contribution is 0.390. The van der Waals surface area contributed by atoms with E-state index in [1.165, 1.54) is 0 Å². The van der Waals surface area contributed by atoms with Crippen LogP contribution in [0.1, 0.15) is 5.56 Å². The van der Waals surface area contributed by atoms with Gasteiger partial charge in [-0.25, -0.2) is 4.98 Å². The van der Waals surface area contributed by atoms with E-state index in [2.05, 4.69) is 10.3 Å². The van der Waals surface area contributed by atoms with E-state index in [1.54, 1.807) is 36.2 Å². The summed E-state index contributed by atoms with van der Waals surface area (Å²) in [5, 5.41) is 3.27. The lowest BCUT2D eigenvalue weighted by atomic mass is 10.2. The molecule has 0 bridgehead atoms. The fraction of sp³-hybridized carbons (Fsp3) is 0.286. The molecule has 0 spiro atoms. The molecule has 2 aromatic rings. The summed E-state index contributed by atoms with van der Waals surface area (Å²) in [6, 6.07) is 9.00. The second kappa shape index (κ2) is 6.70. The highest BCUT2D eigenvalue weighted by Gasteiger charge is 2.02. The van der Waals surface area contributed by atoms with Gasteiger partial charge >= 0.3 is 0 Å². The Kier molecular flexibility index (Phi) is 4.69. The molecular weight excluding hydrogens is 242 g/mol. The molecule has 0 aromatic carbocycles. The third-order valence-corrected chi connectivity index (χ3v) is 2.79. The van der Waals surface area contributed by atoms with Crippen LogP contribution in [0.4, 0.5) is 0 Å². The van der Waals surface area contributed by atoms with E-state index in [1.807, 2.05) is 18.2 Å². The van der Waals surface area contributed by atoms with Crippen molar-refractivity contribution in [3.05, 3.63) is 58.6 Å². The van der Waals surface area contributed by atoms with Crippen LogP contribution in [-0.4, -0.2) is 23.2 Å². The first kappa shape index (κ1) is 13.3. The Balaban J connectivity index is 1.84. The molecule has 0 unspecified atom stereocenters. The third-order valence-electron chi connectivity index (χ3n) is 2.79. The molecule has 1 N–H and O–H groups in total. The van der Waals surface area contributed by atoms with Crippen molar-refractivity contribution in [2.45, 2.75) is 13.1 Å². The van der Waals surface area contributed by atoms with E-state index >= 15 is 0 Å². The van der Waals surface area contributed by atoms with Gasteiger partial charge in [0.1, 0.15) is 0 Å². The summed E-state index contributed by atoms with van der Waals surface area (Å²) >= 11 is 0. The van der Waals surface area contributed by atoms with Crippen LogP contribution in [0.3, 0.4) is 0 Å². The summed E-state index contributed by atoms with van der Waals surface area (Å²) in [7, 11) is 1.61. The second-order valence-corrected chi connectivity index (χ2v) is 4.08. The molecule has 0 aliphatic rings. The summed E-state index contributed by atoms with van der Waals surface area (Å²) in [5.41, 5.74) is 1.02. The van der Waals surface area contributed by atoms with Gasteiger partial charge in [-0.05, 0) is 12.1 Å². The number of hydrogen-bond donors (Lipinski definition) is 1. The number of nitrogens with zero attached hydrogens (tertiary/aromatic N) is 2. The molecule has 5 heteroatoms. The number of methoxy groups -OCH3 is 1. The van der Waals surface area contributed by atoms with Gasteiger partial charge in [0.05, 0.1) is 7.11 Å². The van der Waals surface area contributed by atoms with Crippen molar-refractivity contribution < 1.29 is 4.74 Å². The zero-order valence-electron chi connectivity index (χ0n) is 10.9. The smallest absolute Gasteiger partial charge is 0.250 e. The quantitative estimate of drug-likeness (QED) is 0.788. The van der Waals surface area contributed by atoms with Crippen molar-refractivity contribution in [1.82, 2.24) is 14.9 Å². The van der Waals surface area contributed by atoms with Crippen molar-refractivity contribution in [1.29, 1.82) is 0 Å². The molecule has 0 saturated carbocycles. The molecule has 0 aliphatic heterocycles. The topological polar surface area (TPSA) is 56.1 Å². The van der Waals surface area contributed by atoms with Crippen molar-refractivity contribution in [3.63, 3.8) is 0 Å². The minimum atomic E-state index is 0.0169. The number of rotatable bonds is 6. The van der Waals surface area contributed by atoms with Crippen LogP contribution in [0.2, 0.25) is 0 Å². The van der Waals surface area contributed by atoms with Crippen LogP contribution < -0.4 is 15.6 Å². The Morgan fingerprint density at radius 2 is 2.21 bits per heavy atom. The highest BCUT2D eigenvalue weighted by atomic mass is 16.5. The largest absolute Gasteiger partial charge is 0.481 e. The molecule has 0 fully saturated rings. The monoisotopic (exact) mass is 259 g/mol. The SMILES string of the molecule is COc1ncccc1CNCCn1ccccc1=O. The molecule has 100 valence electrons. The summed E-state index contributed by atoms with van der Waals surface area (Å²) < 4.78 is 6.85. The van der Waals surface area contributed by atoms with Crippen LogP contribution in [0.25, 0.3) is 0 Å². The number of pyridine rings is 2. The van der Waals surface area contributed by atoms with Crippen LogP contribution in [0.15, 0.2) is 47.5 Å². The first-order valence-electron chi connectivity index (χ1n) is 6.15. The minimum Gasteiger partial charge on any atom is -0.481 e. The van der Waals surface area contributed by atoms with Gasteiger partial charge in [0.25, 0.3) is 5.56 Å². The first-order chi connectivity index (χ1) is 9.31. The summed E-state index contributed by atoms with van der Waals surface area (Å²) in [4.78, 5) is 15.6. The van der Waals surface area contributed by atoms with Crippen LogP contribution in [0, 0.1) is 0 Å². The maximum absolute atomic E-state index is 11.5. The van der Waals surface area contributed by atoms with Gasteiger partial charge in [-0.2, -0.15) is 0 Å². The van der Waals surface area contributed by atoms with Gasteiger partial charge in [0.15, 0.2) is 0 Å². The molecule has 2 heterocycles. The lowest BCUT2D eigenvalue weighted by Gasteiger charge is -2.09. The first-order valence-corrected chi connectivity index (χ1v) is 6.15. The van der Waals surface area contributed by atoms with Gasteiger partial charge < -0.3 is 14.6 Å². The van der Waals surface area contributed by atoms with E-state index in [9.17, 15) is 4.79 Å². The highest BCUT2D eigenvalue weighted by molar-refractivity contribution is 5.24. The summed E-state index contributed by atoms with van der Waals surface area (Å²) in [5.74, 6) is 0.631. The third kappa shape index (κ3) is 3.66. The number of aromatic nitrogens is 2. The van der Waals surface area contributed by atoms with Crippen LogP contribution in [0.5, 0.6) is 5.88 Å². The number of nitrogens with one attached hydrogen (secondary N) is 1. The van der Waals surface area contributed by atoms with E-state index < -0.39 is 0 Å². The van der Waals surface area contributed by atoms with Gasteiger partial charge in [0, 0.05) is 43.7 Å². The molecule has 0 aliphatic carbocycles. The Bertz CT molecular complexity index is 581. The van der Waals surface area contributed by atoms with Gasteiger partial charge in [-0.1, -0.05) is 12.1 Å². The number of hydrogen-bond acceptors (Lipinski definition) is 4. The lowest BCUT2D eigenvalue weighted by Crippen LogP contribution is -2.25. The molecule has 5 nitrogen and oxygen atoms in total. The van der Waals surface area contributed by atoms with E-state index in [0.29, 0.717) is 25.5 Å². The fourth-order valence-corrected chi connectivity index (χ4v) is 1.81. The fourth-order valence-electron chi connectivity index (χ4n) is 1.81. The van der Waals surface area contributed by atoms with E-state index in [4.69, 9.17) is 4.74 Å². The summed E-state index contributed by atoms with van der Waals surface area (Å²) in [6.07, 6.45) is 3.49. The maximum atomic E-state index is 11.5. The van der Waals surface area contributed by atoms with Gasteiger partial charge in [0.2, 0.25) is 5.88 Å². The van der Waals surface area contributed by atoms with Crippen LogP contribution >= 0.6 is 0 Å². The molecular formula is C14H17N3O2. The van der Waals surface area contributed by atoms with Crippen LogP contribution in [-0.2, 0) is 13.1 Å². The standard InChI is InChI=1S/C14H17N3O2/c1-19-14-12(5-4-7-16-14)11-15-8-10-17-9-3-2-6-13(17)18/h2-7,9,15H,8,10-11H2,1H3. The molecule has 0 saturated heterocycles. The predicted molar refractivity (Wildman–Crippen MR) is 73.2 cm³/mol. The summed E-state index contributed by atoms with van der Waals surface area (Å²) in [6.45, 7) is 2.02. The zero-order chi connectivity index (χ0) is 13.5.